The lowest BCUT2D eigenvalue weighted by molar-refractivity contribution is -0.143. The summed E-state index contributed by atoms with van der Waals surface area (Å²) in [6, 6.07) is 14.9. The highest BCUT2D eigenvalue weighted by Crippen LogP contribution is 2.33. The number of aromatic nitrogens is 1. The second-order valence-electron chi connectivity index (χ2n) is 17.3. The molecular weight excluding hydrogens is 959 g/mol. The van der Waals surface area contributed by atoms with Crippen LogP contribution in [0.1, 0.15) is 56.1 Å². The minimum Gasteiger partial charge on any atom is -0.396 e. The van der Waals surface area contributed by atoms with Crippen LogP contribution in [0, 0.1) is 40.4 Å². The van der Waals surface area contributed by atoms with Crippen molar-refractivity contribution in [1.29, 1.82) is 10.5 Å². The first-order valence-corrected chi connectivity index (χ1v) is 26.6. The Kier molecular flexibility index (Phi) is 22.3. The Morgan fingerprint density at radius 3 is 1.86 bits per heavy atom. The number of ether oxygens (including phenoxy) is 2. The number of Topliss-reactive ketones (excluding diaryl/α,β-unsaturated/α-hetero) is 2. The van der Waals surface area contributed by atoms with Gasteiger partial charge < -0.3 is 39.5 Å². The molecule has 1 aliphatic heterocycles. The summed E-state index contributed by atoms with van der Waals surface area (Å²) in [5.74, 6) is -3.49. The van der Waals surface area contributed by atoms with Gasteiger partial charge >= 0.3 is 0 Å². The zero-order valence-electron chi connectivity index (χ0n) is 40.2. The van der Waals surface area contributed by atoms with Crippen LogP contribution in [-0.2, 0) is 52.3 Å². The van der Waals surface area contributed by atoms with Crippen LogP contribution >= 0.6 is 0 Å². The Morgan fingerprint density at radius 2 is 1.32 bits per heavy atom. The SMILES string of the molecule is COCc1c(N=Nc2ccc(S(=O)(=O)NCCCN3CCN(CCCNS(=O)(=O)c4ccc(NNC5C(=O)C(CCCCCO)C(=O)C(C#N)C5COC)cc4)CC3)cc2)cn(CCCO)c(=O)c1C#N. The van der Waals surface area contributed by atoms with Gasteiger partial charge in [0, 0.05) is 96.6 Å². The fourth-order valence-corrected chi connectivity index (χ4v) is 10.7. The molecule has 1 saturated heterocycles. The van der Waals surface area contributed by atoms with E-state index in [4.69, 9.17) is 14.6 Å². The molecule has 3 aromatic rings. The fraction of sp³-hybridized carbons (Fsp3) is 0.553. The zero-order chi connectivity index (χ0) is 51.4. The number of azo groups is 1. The number of nitrogens with zero attached hydrogens (tertiary/aromatic N) is 7. The molecule has 0 radical (unpaired) electrons. The van der Waals surface area contributed by atoms with Gasteiger partial charge in [-0.1, -0.05) is 12.8 Å². The lowest BCUT2D eigenvalue weighted by Gasteiger charge is -2.37. The summed E-state index contributed by atoms with van der Waals surface area (Å²) >= 11 is 0. The van der Waals surface area contributed by atoms with E-state index in [2.05, 4.69) is 46.4 Å². The maximum Gasteiger partial charge on any atom is 0.268 e. The van der Waals surface area contributed by atoms with Gasteiger partial charge in [-0.2, -0.15) is 15.6 Å². The number of aliphatic hydroxyl groups is 2. The molecule has 6 N–H and O–H groups in total. The van der Waals surface area contributed by atoms with Crippen LogP contribution in [0.15, 0.2) is 79.5 Å². The van der Waals surface area contributed by atoms with Gasteiger partial charge in [-0.05, 0) is 93.7 Å². The largest absolute Gasteiger partial charge is 0.396 e. The van der Waals surface area contributed by atoms with E-state index in [0.29, 0.717) is 63.0 Å². The van der Waals surface area contributed by atoms with Crippen molar-refractivity contribution < 1.29 is 46.1 Å². The number of pyridine rings is 1. The number of hydrazine groups is 1. The number of rotatable bonds is 29. The Morgan fingerprint density at radius 1 is 0.732 bits per heavy atom. The number of sulfonamides is 2. The molecule has 24 heteroatoms. The first-order valence-electron chi connectivity index (χ1n) is 23.6. The summed E-state index contributed by atoms with van der Waals surface area (Å²) in [6.07, 6.45) is 4.96. The number of nitriles is 2. The van der Waals surface area contributed by atoms with Gasteiger partial charge in [0.05, 0.1) is 46.7 Å². The predicted octanol–water partition coefficient (Wildman–Crippen LogP) is 2.33. The number of hydrogen-bond donors (Lipinski definition) is 6. The van der Waals surface area contributed by atoms with E-state index in [9.17, 15) is 46.8 Å². The van der Waals surface area contributed by atoms with Crippen LogP contribution in [0.3, 0.4) is 0 Å². The molecule has 0 spiro atoms. The van der Waals surface area contributed by atoms with E-state index in [1.165, 1.54) is 61.4 Å². The number of aliphatic hydroxyl groups excluding tert-OH is 2. The highest BCUT2D eigenvalue weighted by atomic mass is 32.2. The number of anilines is 1. The number of unbranched alkanes of at least 4 members (excludes halogenated alkanes) is 2. The van der Waals surface area contributed by atoms with E-state index in [-0.39, 0.29) is 84.9 Å². The quantitative estimate of drug-likeness (QED) is 0.0252. The Bertz CT molecular complexity index is 2630. The number of nitrogens with one attached hydrogen (secondary N) is 4. The third-order valence-corrected chi connectivity index (χ3v) is 15.4. The van der Waals surface area contributed by atoms with E-state index < -0.39 is 55.2 Å². The molecule has 2 heterocycles. The molecule has 0 amide bonds. The molecule has 71 heavy (non-hydrogen) atoms. The Hall–Kier alpha value is -5.35. The van der Waals surface area contributed by atoms with Crippen molar-refractivity contribution in [2.45, 2.75) is 73.9 Å². The normalized spacial score (nSPS) is 19.2. The summed E-state index contributed by atoms with van der Waals surface area (Å²) in [4.78, 5) is 44.1. The minimum atomic E-state index is -3.82. The highest BCUT2D eigenvalue weighted by Gasteiger charge is 2.49. The number of ketones is 2. The monoisotopic (exact) mass is 1020 g/mol. The fourth-order valence-electron chi connectivity index (χ4n) is 8.52. The molecule has 5 rings (SSSR count). The van der Waals surface area contributed by atoms with Crippen molar-refractivity contribution in [3.63, 3.8) is 0 Å². The molecule has 1 aliphatic carbocycles. The van der Waals surface area contributed by atoms with Gasteiger partial charge in [-0.3, -0.25) is 14.4 Å². The third kappa shape index (κ3) is 15.8. The van der Waals surface area contributed by atoms with E-state index in [1.807, 2.05) is 6.07 Å². The molecule has 4 unspecified atom stereocenters. The van der Waals surface area contributed by atoms with Crippen LogP contribution in [0.4, 0.5) is 17.1 Å². The number of aryl methyl sites for hydroxylation is 1. The average Bonchev–Trinajstić information content (AvgIpc) is 3.36. The van der Waals surface area contributed by atoms with Gasteiger partial charge in [-0.25, -0.2) is 31.7 Å². The molecular formula is C47H65N11O11S2. The van der Waals surface area contributed by atoms with Crippen molar-refractivity contribution in [3.05, 3.63) is 76.2 Å². The molecule has 22 nitrogen and oxygen atoms in total. The number of carbonyl (C=O) groups excluding carboxylic acids is 2. The number of benzene rings is 2. The zero-order valence-corrected chi connectivity index (χ0v) is 41.8. The van der Waals surface area contributed by atoms with Crippen LogP contribution in [0.5, 0.6) is 0 Å². The Labute approximate surface area is 415 Å². The molecule has 2 aromatic carbocycles. The molecule has 2 aliphatic rings. The lowest BCUT2D eigenvalue weighted by Crippen LogP contribution is -2.58. The lowest BCUT2D eigenvalue weighted by atomic mass is 9.69. The molecule has 1 aromatic heterocycles. The summed E-state index contributed by atoms with van der Waals surface area (Å²) in [6.45, 7) is 4.96. The van der Waals surface area contributed by atoms with Crippen molar-refractivity contribution in [2.75, 3.05) is 91.8 Å². The van der Waals surface area contributed by atoms with Crippen LogP contribution in [0.25, 0.3) is 0 Å². The van der Waals surface area contributed by atoms with E-state index in [0.717, 1.165) is 26.2 Å². The van der Waals surface area contributed by atoms with Crippen molar-refractivity contribution in [2.24, 2.45) is 28.0 Å². The van der Waals surface area contributed by atoms with Gasteiger partial charge in [-0.15, -0.1) is 5.11 Å². The predicted molar refractivity (Wildman–Crippen MR) is 261 cm³/mol. The van der Waals surface area contributed by atoms with Crippen molar-refractivity contribution in [3.8, 4) is 12.1 Å². The number of piperazine rings is 1. The van der Waals surface area contributed by atoms with Crippen LogP contribution < -0.4 is 25.9 Å². The van der Waals surface area contributed by atoms with Crippen molar-refractivity contribution in [1.82, 2.24) is 29.2 Å². The minimum absolute atomic E-state index is 0.00262. The standard InChI is InChI=1S/C47H65N11O11S2/c1-68-32-41-40(30-49)47(63)58(22-8-28-60)31-43(41)54-52-34-10-14-36(15-11-34)70(64,65)50-18-6-20-56-23-25-57(26-24-56)21-7-19-51-71(66,67)37-16-12-35(13-17-37)53-55-44-42(33-69-2)39(29-48)45(61)38(46(44)62)9-4-3-5-27-59/h10-17,31,38-39,42,44,50-51,53,55,59-60H,3-9,18-28,32-33H2,1-2H3. The summed E-state index contributed by atoms with van der Waals surface area (Å²) < 4.78 is 69.4. The second kappa shape index (κ2) is 28.0. The molecule has 4 atom stereocenters. The maximum absolute atomic E-state index is 13.5. The third-order valence-electron chi connectivity index (χ3n) is 12.4. The molecule has 0 bridgehead atoms. The number of carbonyl (C=O) groups is 2. The maximum atomic E-state index is 13.5. The molecule has 1 saturated carbocycles. The van der Waals surface area contributed by atoms with Gasteiger partial charge in [0.1, 0.15) is 23.2 Å². The van der Waals surface area contributed by atoms with Gasteiger partial charge in [0.15, 0.2) is 11.6 Å². The smallest absolute Gasteiger partial charge is 0.268 e. The number of methoxy groups -OCH3 is 2. The first kappa shape index (κ1) is 56.6. The summed E-state index contributed by atoms with van der Waals surface area (Å²) in [5.41, 5.74) is 6.58. The van der Waals surface area contributed by atoms with E-state index in [1.54, 1.807) is 12.1 Å². The molecule has 386 valence electrons. The van der Waals surface area contributed by atoms with Crippen LogP contribution in [-0.4, -0.2) is 145 Å². The average molecular weight is 1020 g/mol. The highest BCUT2D eigenvalue weighted by molar-refractivity contribution is 7.89. The second-order valence-corrected chi connectivity index (χ2v) is 20.8. The summed E-state index contributed by atoms with van der Waals surface area (Å²) in [7, 11) is -4.78. The van der Waals surface area contributed by atoms with Crippen molar-refractivity contribution >= 4 is 48.7 Å². The first-order chi connectivity index (χ1) is 34.2. The van der Waals surface area contributed by atoms with Crippen LogP contribution in [0.2, 0.25) is 0 Å². The number of hydrogen-bond acceptors (Lipinski definition) is 19. The van der Waals surface area contributed by atoms with Gasteiger partial charge in [0.25, 0.3) is 5.56 Å². The summed E-state index contributed by atoms with van der Waals surface area (Å²) in [5, 5.41) is 46.3. The van der Waals surface area contributed by atoms with Gasteiger partial charge in [0.2, 0.25) is 20.0 Å². The van der Waals surface area contributed by atoms with E-state index >= 15 is 0 Å². The molecule has 2 fully saturated rings. The topological polar surface area (TPSA) is 310 Å². The Balaban J connectivity index is 1.01.